The van der Waals surface area contributed by atoms with Crippen LogP contribution in [-0.4, -0.2) is 6.61 Å². The predicted molar refractivity (Wildman–Crippen MR) is 96.5 cm³/mol. The van der Waals surface area contributed by atoms with Crippen LogP contribution in [0, 0.1) is 0 Å². The number of ether oxygens (including phenoxy) is 1. The zero-order chi connectivity index (χ0) is 15.5. The molecule has 0 fully saturated rings. The Hall–Kier alpha value is -0.210. The lowest BCUT2D eigenvalue weighted by atomic mass is 10.0. The van der Waals surface area contributed by atoms with Crippen LogP contribution >= 0.6 is 27.5 Å². The van der Waals surface area contributed by atoms with Crippen molar-refractivity contribution >= 4 is 27.5 Å². The van der Waals surface area contributed by atoms with Crippen LogP contribution in [-0.2, 0) is 0 Å². The third-order valence-corrected chi connectivity index (χ3v) is 4.82. The Morgan fingerprint density at radius 3 is 2.33 bits per heavy atom. The van der Waals surface area contributed by atoms with Crippen LogP contribution in [0.4, 0.5) is 0 Å². The third-order valence-electron chi connectivity index (χ3n) is 3.68. The lowest BCUT2D eigenvalue weighted by Crippen LogP contribution is -1.95. The average molecular weight is 376 g/mol. The van der Waals surface area contributed by atoms with E-state index < -0.39 is 0 Å². The van der Waals surface area contributed by atoms with E-state index in [1.165, 1.54) is 50.5 Å². The number of rotatable bonds is 11. The highest BCUT2D eigenvalue weighted by Crippen LogP contribution is 2.34. The highest BCUT2D eigenvalue weighted by Gasteiger charge is 2.12. The highest BCUT2D eigenvalue weighted by molar-refractivity contribution is 9.10. The Balaban J connectivity index is 2.30. The summed E-state index contributed by atoms with van der Waals surface area (Å²) in [4.78, 5) is 0. The second-order valence-electron chi connectivity index (χ2n) is 5.49. The first-order chi connectivity index (χ1) is 10.2. The number of hydrogen-bond donors (Lipinski definition) is 0. The molecule has 21 heavy (non-hydrogen) atoms. The van der Waals surface area contributed by atoms with Gasteiger partial charge in [0.2, 0.25) is 0 Å². The van der Waals surface area contributed by atoms with Crippen LogP contribution in [0.25, 0.3) is 0 Å². The minimum Gasteiger partial charge on any atom is -0.494 e. The number of halogens is 2. The Bertz CT molecular complexity index is 395. The Kier molecular flexibility index (Phi) is 10.2. The molecule has 120 valence electrons. The van der Waals surface area contributed by atoms with Crippen LogP contribution < -0.4 is 4.74 Å². The van der Waals surface area contributed by atoms with Gasteiger partial charge in [0.15, 0.2) is 0 Å². The van der Waals surface area contributed by atoms with Gasteiger partial charge in [-0.05, 0) is 31.0 Å². The second kappa shape index (κ2) is 11.4. The fourth-order valence-electron chi connectivity index (χ4n) is 2.45. The summed E-state index contributed by atoms with van der Waals surface area (Å²) >= 11 is 10.1. The van der Waals surface area contributed by atoms with E-state index in [1.807, 2.05) is 19.1 Å². The zero-order valence-corrected chi connectivity index (χ0v) is 15.7. The topological polar surface area (TPSA) is 9.23 Å². The molecule has 0 aliphatic heterocycles. The smallest absolute Gasteiger partial charge is 0.120 e. The average Bonchev–Trinajstić information content (AvgIpc) is 2.46. The van der Waals surface area contributed by atoms with E-state index in [4.69, 9.17) is 16.3 Å². The standard InChI is InChI=1S/C18H28BrClO/c1-3-5-6-7-8-9-10-11-18(20)16-13-12-15(21-4-2)14-17(16)19/h12-14,18H,3-11H2,1-2H3. The minimum atomic E-state index is 0.0886. The van der Waals surface area contributed by atoms with E-state index in [0.29, 0.717) is 6.61 Å². The third kappa shape index (κ3) is 7.56. The molecule has 3 heteroatoms. The molecule has 1 atom stereocenters. The fraction of sp³-hybridized carbons (Fsp3) is 0.667. The molecule has 0 N–H and O–H groups in total. The van der Waals surface area contributed by atoms with E-state index in [2.05, 4.69) is 28.9 Å². The van der Waals surface area contributed by atoms with Gasteiger partial charge in [0.25, 0.3) is 0 Å². The van der Waals surface area contributed by atoms with Gasteiger partial charge in [0.05, 0.1) is 12.0 Å². The summed E-state index contributed by atoms with van der Waals surface area (Å²) in [6.45, 7) is 4.94. The molecule has 1 rings (SSSR count). The molecule has 1 nitrogen and oxygen atoms in total. The van der Waals surface area contributed by atoms with Crippen molar-refractivity contribution in [1.82, 2.24) is 0 Å². The fourth-order valence-corrected chi connectivity index (χ4v) is 3.57. The van der Waals surface area contributed by atoms with Gasteiger partial charge in [0, 0.05) is 4.47 Å². The Morgan fingerprint density at radius 2 is 1.71 bits per heavy atom. The van der Waals surface area contributed by atoms with Crippen molar-refractivity contribution in [2.45, 2.75) is 70.6 Å². The Labute approximate surface area is 143 Å². The largest absolute Gasteiger partial charge is 0.494 e. The van der Waals surface area contributed by atoms with E-state index in [-0.39, 0.29) is 5.38 Å². The van der Waals surface area contributed by atoms with Crippen LogP contribution in [0.15, 0.2) is 22.7 Å². The lowest BCUT2D eigenvalue weighted by Gasteiger charge is -2.13. The number of hydrogen-bond acceptors (Lipinski definition) is 1. The molecule has 0 aliphatic carbocycles. The molecule has 0 heterocycles. The lowest BCUT2D eigenvalue weighted by molar-refractivity contribution is 0.340. The normalized spacial score (nSPS) is 12.4. The van der Waals surface area contributed by atoms with Crippen molar-refractivity contribution in [3.63, 3.8) is 0 Å². The van der Waals surface area contributed by atoms with Gasteiger partial charge < -0.3 is 4.74 Å². The summed E-state index contributed by atoms with van der Waals surface area (Å²) in [5.74, 6) is 0.896. The molecule has 0 aliphatic rings. The molecule has 0 radical (unpaired) electrons. The van der Waals surface area contributed by atoms with Crippen molar-refractivity contribution in [3.8, 4) is 5.75 Å². The number of benzene rings is 1. The van der Waals surface area contributed by atoms with Crippen LogP contribution in [0.3, 0.4) is 0 Å². The SMILES string of the molecule is CCCCCCCCCC(Cl)c1ccc(OCC)cc1Br. The first-order valence-corrected chi connectivity index (χ1v) is 9.48. The van der Waals surface area contributed by atoms with E-state index in [0.717, 1.165) is 16.6 Å². The summed E-state index contributed by atoms with van der Waals surface area (Å²) in [6, 6.07) is 6.09. The molecule has 0 saturated carbocycles. The van der Waals surface area contributed by atoms with E-state index in [1.54, 1.807) is 0 Å². The predicted octanol–water partition coefficient (Wildman–Crippen LogP) is 7.27. The summed E-state index contributed by atoms with van der Waals surface area (Å²) in [5.41, 5.74) is 1.17. The van der Waals surface area contributed by atoms with Crippen molar-refractivity contribution in [1.29, 1.82) is 0 Å². The maximum absolute atomic E-state index is 6.53. The number of unbranched alkanes of at least 4 members (excludes halogenated alkanes) is 6. The molecule has 0 bridgehead atoms. The van der Waals surface area contributed by atoms with Gasteiger partial charge in [-0.25, -0.2) is 0 Å². The maximum atomic E-state index is 6.53. The first-order valence-electron chi connectivity index (χ1n) is 8.25. The second-order valence-corrected chi connectivity index (χ2v) is 6.88. The summed E-state index contributed by atoms with van der Waals surface area (Å²) < 4.78 is 6.55. The molecule has 1 aromatic rings. The summed E-state index contributed by atoms with van der Waals surface area (Å²) in [7, 11) is 0. The van der Waals surface area contributed by atoms with Gasteiger partial charge in [-0.2, -0.15) is 0 Å². The van der Waals surface area contributed by atoms with E-state index in [9.17, 15) is 0 Å². The molecule has 0 amide bonds. The van der Waals surface area contributed by atoms with Gasteiger partial charge >= 0.3 is 0 Å². The van der Waals surface area contributed by atoms with Crippen molar-refractivity contribution < 1.29 is 4.74 Å². The first kappa shape index (κ1) is 18.8. The zero-order valence-electron chi connectivity index (χ0n) is 13.3. The van der Waals surface area contributed by atoms with E-state index >= 15 is 0 Å². The van der Waals surface area contributed by atoms with Crippen LogP contribution in [0.5, 0.6) is 5.75 Å². The highest BCUT2D eigenvalue weighted by atomic mass is 79.9. The summed E-state index contributed by atoms with van der Waals surface area (Å²) in [6.07, 6.45) is 10.3. The van der Waals surface area contributed by atoms with Crippen molar-refractivity contribution in [2.24, 2.45) is 0 Å². The molecular formula is C18H28BrClO. The minimum absolute atomic E-state index is 0.0886. The van der Waals surface area contributed by atoms with Crippen molar-refractivity contribution in [3.05, 3.63) is 28.2 Å². The van der Waals surface area contributed by atoms with Gasteiger partial charge in [-0.1, -0.05) is 73.9 Å². The summed E-state index contributed by atoms with van der Waals surface area (Å²) in [5, 5.41) is 0.0886. The molecule has 1 unspecified atom stereocenters. The van der Waals surface area contributed by atoms with Gasteiger partial charge in [0.1, 0.15) is 5.75 Å². The van der Waals surface area contributed by atoms with Crippen LogP contribution in [0.1, 0.15) is 76.2 Å². The molecule has 0 saturated heterocycles. The Morgan fingerprint density at radius 1 is 1.05 bits per heavy atom. The number of alkyl halides is 1. The van der Waals surface area contributed by atoms with Gasteiger partial charge in [-0.15, -0.1) is 11.6 Å². The monoisotopic (exact) mass is 374 g/mol. The van der Waals surface area contributed by atoms with Crippen molar-refractivity contribution in [2.75, 3.05) is 6.61 Å². The quantitative estimate of drug-likeness (QED) is 0.292. The maximum Gasteiger partial charge on any atom is 0.120 e. The molecular weight excluding hydrogens is 348 g/mol. The molecule has 1 aromatic carbocycles. The molecule has 0 spiro atoms. The van der Waals surface area contributed by atoms with Crippen LogP contribution in [0.2, 0.25) is 0 Å². The molecule has 0 aromatic heterocycles. The van der Waals surface area contributed by atoms with Gasteiger partial charge in [-0.3, -0.25) is 0 Å².